The van der Waals surface area contributed by atoms with Gasteiger partial charge in [0.1, 0.15) is 0 Å². The molecule has 1 N–H and O–H groups in total. The van der Waals surface area contributed by atoms with E-state index in [4.69, 9.17) is 0 Å². The topological polar surface area (TPSA) is 29.9 Å². The van der Waals surface area contributed by atoms with Crippen LogP contribution in [0.4, 0.5) is 0 Å². The number of benzene rings is 1. The number of hydrogen-bond donors (Lipinski definition) is 1. The molecule has 0 spiro atoms. The Labute approximate surface area is 128 Å². The molecule has 0 saturated heterocycles. The lowest BCUT2D eigenvalue weighted by molar-refractivity contribution is 0.520. The standard InChI is InChI=1S/C18H27N3/c1-5-19-18(10-16-12-20-21(6-2)13-16)11-17-9-14(3)7-8-15(17)4/h7-9,12-13,18-19H,5-6,10-11H2,1-4H3. The second-order valence-electron chi connectivity index (χ2n) is 5.80. The van der Waals surface area contributed by atoms with Crippen LogP contribution in [-0.2, 0) is 19.4 Å². The highest BCUT2D eigenvalue weighted by Gasteiger charge is 2.12. The lowest BCUT2D eigenvalue weighted by Crippen LogP contribution is -2.33. The van der Waals surface area contributed by atoms with E-state index >= 15 is 0 Å². The Kier molecular flexibility index (Phi) is 5.57. The first kappa shape index (κ1) is 15.8. The van der Waals surface area contributed by atoms with Crippen molar-refractivity contribution in [1.82, 2.24) is 15.1 Å². The van der Waals surface area contributed by atoms with Crippen molar-refractivity contribution >= 4 is 0 Å². The number of hydrogen-bond acceptors (Lipinski definition) is 2. The highest BCUT2D eigenvalue weighted by molar-refractivity contribution is 5.31. The second kappa shape index (κ2) is 7.41. The fourth-order valence-electron chi connectivity index (χ4n) is 2.76. The van der Waals surface area contributed by atoms with Crippen LogP contribution in [0.2, 0.25) is 0 Å². The Hall–Kier alpha value is -1.61. The predicted molar refractivity (Wildman–Crippen MR) is 88.7 cm³/mol. The third-order valence-corrected chi connectivity index (χ3v) is 3.96. The predicted octanol–water partition coefficient (Wildman–Crippen LogP) is 3.28. The zero-order chi connectivity index (χ0) is 15.2. The summed E-state index contributed by atoms with van der Waals surface area (Å²) in [6.45, 7) is 10.6. The summed E-state index contributed by atoms with van der Waals surface area (Å²) in [5.74, 6) is 0. The molecule has 1 atom stereocenters. The van der Waals surface area contributed by atoms with E-state index in [9.17, 15) is 0 Å². The number of nitrogens with one attached hydrogen (secondary N) is 1. The lowest BCUT2D eigenvalue weighted by atomic mass is 9.96. The van der Waals surface area contributed by atoms with Crippen molar-refractivity contribution in [3.8, 4) is 0 Å². The SMILES string of the molecule is CCNC(Cc1cnn(CC)c1)Cc1cc(C)ccc1C. The van der Waals surface area contributed by atoms with Gasteiger partial charge >= 0.3 is 0 Å². The number of aromatic nitrogens is 2. The van der Waals surface area contributed by atoms with Crippen LogP contribution in [0, 0.1) is 13.8 Å². The number of nitrogens with zero attached hydrogens (tertiary/aromatic N) is 2. The molecular formula is C18H27N3. The molecule has 21 heavy (non-hydrogen) atoms. The summed E-state index contributed by atoms with van der Waals surface area (Å²) in [6, 6.07) is 7.19. The zero-order valence-corrected chi connectivity index (χ0v) is 13.7. The van der Waals surface area contributed by atoms with Crippen LogP contribution < -0.4 is 5.32 Å². The molecule has 0 amide bonds. The van der Waals surface area contributed by atoms with Crippen molar-refractivity contribution in [3.05, 3.63) is 52.8 Å². The van der Waals surface area contributed by atoms with Crippen molar-refractivity contribution in [1.29, 1.82) is 0 Å². The molecule has 1 aromatic carbocycles. The molecule has 0 aliphatic rings. The normalized spacial score (nSPS) is 12.6. The zero-order valence-electron chi connectivity index (χ0n) is 13.7. The molecule has 0 aliphatic carbocycles. The minimum atomic E-state index is 0.463. The van der Waals surface area contributed by atoms with Crippen molar-refractivity contribution in [3.63, 3.8) is 0 Å². The smallest absolute Gasteiger partial charge is 0.0522 e. The Morgan fingerprint density at radius 3 is 2.67 bits per heavy atom. The molecule has 2 rings (SSSR count). The lowest BCUT2D eigenvalue weighted by Gasteiger charge is -2.19. The monoisotopic (exact) mass is 285 g/mol. The maximum absolute atomic E-state index is 4.38. The van der Waals surface area contributed by atoms with Gasteiger partial charge in [0, 0.05) is 18.8 Å². The van der Waals surface area contributed by atoms with E-state index in [-0.39, 0.29) is 0 Å². The van der Waals surface area contributed by atoms with Gasteiger partial charge in [0.15, 0.2) is 0 Å². The van der Waals surface area contributed by atoms with Crippen molar-refractivity contribution in [2.45, 2.75) is 53.1 Å². The summed E-state index contributed by atoms with van der Waals surface area (Å²) < 4.78 is 2.00. The highest BCUT2D eigenvalue weighted by atomic mass is 15.3. The van der Waals surface area contributed by atoms with Crippen LogP contribution in [0.15, 0.2) is 30.6 Å². The van der Waals surface area contributed by atoms with Crippen LogP contribution in [-0.4, -0.2) is 22.4 Å². The molecule has 0 aliphatic heterocycles. The molecule has 0 radical (unpaired) electrons. The first-order valence-corrected chi connectivity index (χ1v) is 7.93. The maximum Gasteiger partial charge on any atom is 0.0522 e. The summed E-state index contributed by atoms with van der Waals surface area (Å²) in [7, 11) is 0. The summed E-state index contributed by atoms with van der Waals surface area (Å²) in [4.78, 5) is 0. The number of aryl methyl sites for hydroxylation is 3. The maximum atomic E-state index is 4.38. The Morgan fingerprint density at radius 1 is 1.19 bits per heavy atom. The van der Waals surface area contributed by atoms with E-state index in [0.29, 0.717) is 6.04 Å². The molecule has 3 nitrogen and oxygen atoms in total. The first-order chi connectivity index (χ1) is 10.1. The van der Waals surface area contributed by atoms with E-state index in [0.717, 1.165) is 25.9 Å². The molecule has 1 aromatic heterocycles. The van der Waals surface area contributed by atoms with Crippen LogP contribution in [0.25, 0.3) is 0 Å². The average molecular weight is 285 g/mol. The molecule has 0 saturated carbocycles. The van der Waals surface area contributed by atoms with Crippen molar-refractivity contribution < 1.29 is 0 Å². The molecule has 2 aromatic rings. The van der Waals surface area contributed by atoms with Crippen LogP contribution in [0.3, 0.4) is 0 Å². The van der Waals surface area contributed by atoms with Gasteiger partial charge in [-0.1, -0.05) is 30.7 Å². The molecule has 3 heteroatoms. The van der Waals surface area contributed by atoms with Gasteiger partial charge in [-0.2, -0.15) is 5.10 Å². The van der Waals surface area contributed by atoms with Crippen LogP contribution in [0.5, 0.6) is 0 Å². The van der Waals surface area contributed by atoms with Gasteiger partial charge in [0.05, 0.1) is 6.20 Å². The van der Waals surface area contributed by atoms with Crippen LogP contribution in [0.1, 0.15) is 36.1 Å². The van der Waals surface area contributed by atoms with E-state index < -0.39 is 0 Å². The Balaban J connectivity index is 2.09. The average Bonchev–Trinajstić information content (AvgIpc) is 2.91. The third kappa shape index (κ3) is 4.43. The minimum Gasteiger partial charge on any atom is -0.314 e. The Bertz CT molecular complexity index is 572. The Morgan fingerprint density at radius 2 is 2.00 bits per heavy atom. The second-order valence-corrected chi connectivity index (χ2v) is 5.80. The first-order valence-electron chi connectivity index (χ1n) is 7.93. The fraction of sp³-hybridized carbons (Fsp3) is 0.500. The van der Waals surface area contributed by atoms with E-state index in [1.807, 2.05) is 10.9 Å². The van der Waals surface area contributed by atoms with Crippen molar-refractivity contribution in [2.75, 3.05) is 6.54 Å². The molecule has 114 valence electrons. The van der Waals surface area contributed by atoms with Gasteiger partial charge in [-0.3, -0.25) is 4.68 Å². The summed E-state index contributed by atoms with van der Waals surface area (Å²) >= 11 is 0. The quantitative estimate of drug-likeness (QED) is 0.846. The number of likely N-dealkylation sites (N-methyl/N-ethyl adjacent to an activating group) is 1. The minimum absolute atomic E-state index is 0.463. The van der Waals surface area contributed by atoms with Gasteiger partial charge in [-0.05, 0) is 56.8 Å². The molecule has 0 fully saturated rings. The van der Waals surface area contributed by atoms with E-state index in [1.165, 1.54) is 22.3 Å². The van der Waals surface area contributed by atoms with Gasteiger partial charge in [-0.25, -0.2) is 0 Å². The summed E-state index contributed by atoms with van der Waals surface area (Å²) in [5.41, 5.74) is 5.48. The number of rotatable bonds is 7. The van der Waals surface area contributed by atoms with E-state index in [2.05, 4.69) is 62.5 Å². The molecule has 1 heterocycles. The summed E-state index contributed by atoms with van der Waals surface area (Å²) in [5, 5.41) is 7.99. The van der Waals surface area contributed by atoms with Gasteiger partial charge in [0.2, 0.25) is 0 Å². The molecule has 1 unspecified atom stereocenters. The van der Waals surface area contributed by atoms with Gasteiger partial charge in [-0.15, -0.1) is 0 Å². The van der Waals surface area contributed by atoms with Gasteiger partial charge in [0.25, 0.3) is 0 Å². The van der Waals surface area contributed by atoms with E-state index in [1.54, 1.807) is 0 Å². The third-order valence-electron chi connectivity index (χ3n) is 3.96. The fourth-order valence-corrected chi connectivity index (χ4v) is 2.76. The highest BCUT2D eigenvalue weighted by Crippen LogP contribution is 2.15. The molecular weight excluding hydrogens is 258 g/mol. The molecule has 0 bridgehead atoms. The summed E-state index contributed by atoms with van der Waals surface area (Å²) in [6.07, 6.45) is 6.25. The van der Waals surface area contributed by atoms with Crippen molar-refractivity contribution in [2.24, 2.45) is 0 Å². The largest absolute Gasteiger partial charge is 0.314 e. The van der Waals surface area contributed by atoms with Gasteiger partial charge < -0.3 is 5.32 Å². The van der Waals surface area contributed by atoms with Crippen LogP contribution >= 0.6 is 0 Å².